The van der Waals surface area contributed by atoms with Crippen LogP contribution in [0.3, 0.4) is 0 Å². The van der Waals surface area contributed by atoms with Gasteiger partial charge in [0.2, 0.25) is 0 Å². The Kier molecular flexibility index (Phi) is 5.75. The van der Waals surface area contributed by atoms with Crippen LogP contribution >= 0.6 is 15.9 Å². The third-order valence-electron chi connectivity index (χ3n) is 2.95. The molecule has 1 heterocycles. The third-order valence-corrected chi connectivity index (χ3v) is 3.44. The number of hydrogen-bond donors (Lipinski definition) is 2. The Hall–Kier alpha value is -1.88. The highest BCUT2D eigenvalue weighted by Crippen LogP contribution is 2.14. The minimum Gasteiger partial charge on any atom is -0.384 e. The Bertz CT molecular complexity index is 599. The fraction of sp³-hybridized carbons (Fsp3) is 0.250. The number of benzene rings is 1. The minimum atomic E-state index is -0.171. The van der Waals surface area contributed by atoms with Gasteiger partial charge in [-0.15, -0.1) is 0 Å². The van der Waals surface area contributed by atoms with Crippen LogP contribution in [-0.2, 0) is 0 Å². The lowest BCUT2D eigenvalue weighted by molar-refractivity contribution is 0.102. The second kappa shape index (κ2) is 7.78. The van der Waals surface area contributed by atoms with Crippen molar-refractivity contribution in [1.29, 1.82) is 0 Å². The molecule has 2 rings (SSSR count). The summed E-state index contributed by atoms with van der Waals surface area (Å²) in [5, 5.41) is 6.07. The van der Waals surface area contributed by atoms with Gasteiger partial charge in [-0.25, -0.2) is 4.98 Å². The van der Waals surface area contributed by atoms with E-state index in [1.807, 2.05) is 18.2 Å². The second-order valence-electron chi connectivity index (χ2n) is 4.68. The normalized spacial score (nSPS) is 10.2. The molecule has 0 aliphatic carbocycles. The minimum absolute atomic E-state index is 0.171. The molecule has 110 valence electrons. The Morgan fingerprint density at radius 1 is 1.29 bits per heavy atom. The van der Waals surface area contributed by atoms with Crippen molar-refractivity contribution in [3.63, 3.8) is 0 Å². The summed E-state index contributed by atoms with van der Waals surface area (Å²) in [6.45, 7) is 3.09. The van der Waals surface area contributed by atoms with Crippen molar-refractivity contribution in [2.75, 3.05) is 17.2 Å². The number of aromatic nitrogens is 1. The van der Waals surface area contributed by atoms with Gasteiger partial charge in [-0.1, -0.05) is 35.3 Å². The molecule has 2 N–H and O–H groups in total. The monoisotopic (exact) mass is 347 g/mol. The summed E-state index contributed by atoms with van der Waals surface area (Å²) in [5.74, 6) is 0.372. The van der Waals surface area contributed by atoms with Crippen molar-refractivity contribution >= 4 is 33.3 Å². The zero-order chi connectivity index (χ0) is 15.1. The maximum Gasteiger partial charge on any atom is 0.256 e. The Labute approximate surface area is 133 Å². The van der Waals surface area contributed by atoms with Crippen molar-refractivity contribution in [1.82, 2.24) is 4.98 Å². The molecule has 0 atom stereocenters. The van der Waals surface area contributed by atoms with E-state index in [1.165, 1.54) is 0 Å². The number of hydrogen-bond acceptors (Lipinski definition) is 3. The molecule has 0 aliphatic rings. The number of halogens is 1. The summed E-state index contributed by atoms with van der Waals surface area (Å²) in [6, 6.07) is 11.0. The van der Waals surface area contributed by atoms with E-state index in [0.29, 0.717) is 11.4 Å². The van der Waals surface area contributed by atoms with Crippen LogP contribution in [0.1, 0.15) is 30.1 Å². The molecule has 2 aromatic rings. The maximum atomic E-state index is 12.1. The first-order valence-corrected chi connectivity index (χ1v) is 7.75. The highest BCUT2D eigenvalue weighted by Gasteiger charge is 2.06. The van der Waals surface area contributed by atoms with Crippen LogP contribution in [0, 0.1) is 0 Å². The summed E-state index contributed by atoms with van der Waals surface area (Å²) in [4.78, 5) is 16.3. The largest absolute Gasteiger partial charge is 0.384 e. The van der Waals surface area contributed by atoms with Crippen molar-refractivity contribution in [2.45, 2.75) is 19.8 Å². The third kappa shape index (κ3) is 4.86. The van der Waals surface area contributed by atoms with Crippen LogP contribution in [0.15, 0.2) is 47.1 Å². The van der Waals surface area contributed by atoms with Crippen LogP contribution in [0.5, 0.6) is 0 Å². The fourth-order valence-electron chi connectivity index (χ4n) is 1.80. The van der Waals surface area contributed by atoms with Gasteiger partial charge in [0, 0.05) is 16.6 Å². The first kappa shape index (κ1) is 15.5. The van der Waals surface area contributed by atoms with E-state index in [4.69, 9.17) is 0 Å². The van der Waals surface area contributed by atoms with Gasteiger partial charge in [0.1, 0.15) is 5.82 Å². The lowest BCUT2D eigenvalue weighted by Crippen LogP contribution is -2.13. The number of nitrogens with zero attached hydrogens (tertiary/aromatic N) is 1. The molecule has 0 radical (unpaired) electrons. The fourth-order valence-corrected chi connectivity index (χ4v) is 2.20. The van der Waals surface area contributed by atoms with E-state index in [9.17, 15) is 4.79 Å². The van der Waals surface area contributed by atoms with Crippen molar-refractivity contribution in [3.05, 3.63) is 52.6 Å². The number of amides is 1. The number of nitrogens with one attached hydrogen (secondary N) is 2. The van der Waals surface area contributed by atoms with Crippen LogP contribution in [0.25, 0.3) is 0 Å². The molecular weight excluding hydrogens is 330 g/mol. The summed E-state index contributed by atoms with van der Waals surface area (Å²) in [7, 11) is 0. The van der Waals surface area contributed by atoms with E-state index in [2.05, 4.69) is 38.5 Å². The zero-order valence-corrected chi connectivity index (χ0v) is 13.5. The quantitative estimate of drug-likeness (QED) is 0.765. The summed E-state index contributed by atoms with van der Waals surface area (Å²) < 4.78 is 0.874. The number of unbranched alkanes of at least 4 members (excludes halogenated alkanes) is 1. The molecule has 0 aliphatic heterocycles. The molecule has 5 heteroatoms. The highest BCUT2D eigenvalue weighted by atomic mass is 79.9. The van der Waals surface area contributed by atoms with Gasteiger partial charge in [-0.05, 0) is 36.8 Å². The molecule has 21 heavy (non-hydrogen) atoms. The molecule has 0 saturated heterocycles. The van der Waals surface area contributed by atoms with Gasteiger partial charge < -0.3 is 10.6 Å². The Balaban J connectivity index is 1.95. The van der Waals surface area contributed by atoms with E-state index in [-0.39, 0.29) is 5.91 Å². The number of pyridine rings is 1. The molecule has 1 amide bonds. The standard InChI is InChI=1S/C16H18BrN3O/c1-2-3-9-18-14-7-8-15(19-11-14)20-16(21)12-5-4-6-13(17)10-12/h4-8,10-11,18H,2-3,9H2,1H3,(H,19,20,21). The summed E-state index contributed by atoms with van der Waals surface area (Å²) in [5.41, 5.74) is 1.56. The molecule has 0 spiro atoms. The Morgan fingerprint density at radius 3 is 2.81 bits per heavy atom. The molecule has 0 unspecified atom stereocenters. The van der Waals surface area contributed by atoms with Crippen molar-refractivity contribution in [2.24, 2.45) is 0 Å². The molecule has 0 fully saturated rings. The van der Waals surface area contributed by atoms with E-state index < -0.39 is 0 Å². The predicted octanol–water partition coefficient (Wildman–Crippen LogP) is 4.31. The first-order valence-electron chi connectivity index (χ1n) is 6.96. The van der Waals surface area contributed by atoms with E-state index >= 15 is 0 Å². The lowest BCUT2D eigenvalue weighted by Gasteiger charge is -2.07. The average Bonchev–Trinajstić information content (AvgIpc) is 2.49. The summed E-state index contributed by atoms with van der Waals surface area (Å²) >= 11 is 3.35. The smallest absolute Gasteiger partial charge is 0.256 e. The van der Waals surface area contributed by atoms with Gasteiger partial charge in [-0.3, -0.25) is 4.79 Å². The number of carbonyl (C=O) groups excluding carboxylic acids is 1. The van der Waals surface area contributed by atoms with Crippen LogP contribution in [0.4, 0.5) is 11.5 Å². The van der Waals surface area contributed by atoms with Gasteiger partial charge in [0.15, 0.2) is 0 Å². The molecular formula is C16H18BrN3O. The number of carbonyl (C=O) groups is 1. The molecule has 4 nitrogen and oxygen atoms in total. The topological polar surface area (TPSA) is 54.0 Å². The first-order chi connectivity index (χ1) is 10.2. The number of anilines is 2. The molecule has 0 saturated carbocycles. The van der Waals surface area contributed by atoms with Gasteiger partial charge in [0.25, 0.3) is 5.91 Å². The van der Waals surface area contributed by atoms with Crippen LogP contribution in [0.2, 0.25) is 0 Å². The van der Waals surface area contributed by atoms with Crippen LogP contribution in [-0.4, -0.2) is 17.4 Å². The maximum absolute atomic E-state index is 12.1. The van der Waals surface area contributed by atoms with E-state index in [1.54, 1.807) is 24.4 Å². The SMILES string of the molecule is CCCCNc1ccc(NC(=O)c2cccc(Br)c2)nc1. The van der Waals surface area contributed by atoms with Gasteiger partial charge in [-0.2, -0.15) is 0 Å². The summed E-state index contributed by atoms with van der Waals surface area (Å²) in [6.07, 6.45) is 4.01. The van der Waals surface area contributed by atoms with Gasteiger partial charge in [0.05, 0.1) is 11.9 Å². The van der Waals surface area contributed by atoms with E-state index in [0.717, 1.165) is 29.5 Å². The zero-order valence-electron chi connectivity index (χ0n) is 11.9. The lowest BCUT2D eigenvalue weighted by atomic mass is 10.2. The Morgan fingerprint density at radius 2 is 2.14 bits per heavy atom. The average molecular weight is 348 g/mol. The van der Waals surface area contributed by atoms with Crippen molar-refractivity contribution in [3.8, 4) is 0 Å². The molecule has 1 aromatic heterocycles. The highest BCUT2D eigenvalue weighted by molar-refractivity contribution is 9.10. The predicted molar refractivity (Wildman–Crippen MR) is 89.7 cm³/mol. The molecule has 0 bridgehead atoms. The van der Waals surface area contributed by atoms with Crippen molar-refractivity contribution < 1.29 is 4.79 Å². The second-order valence-corrected chi connectivity index (χ2v) is 5.59. The molecule has 1 aromatic carbocycles. The number of rotatable bonds is 6. The van der Waals surface area contributed by atoms with Crippen LogP contribution < -0.4 is 10.6 Å². The van der Waals surface area contributed by atoms with Gasteiger partial charge >= 0.3 is 0 Å².